The van der Waals surface area contributed by atoms with Crippen molar-refractivity contribution in [1.29, 1.82) is 0 Å². The van der Waals surface area contributed by atoms with E-state index in [0.29, 0.717) is 0 Å². The molecular weight excluding hydrogens is 100 g/mol. The van der Waals surface area contributed by atoms with Gasteiger partial charge < -0.3 is 5.11 Å². The maximum absolute atomic E-state index is 8.72. The van der Waals surface area contributed by atoms with Crippen molar-refractivity contribution >= 4 is 0 Å². The minimum atomic E-state index is -0.0694. The third-order valence-electron chi connectivity index (χ3n) is 1.60. The Morgan fingerprint density at radius 2 is 2.00 bits per heavy atom. The molecule has 1 nitrogen and oxygen atoms in total. The van der Waals surface area contributed by atoms with Crippen molar-refractivity contribution in [3.8, 4) is 0 Å². The molecule has 0 heterocycles. The number of allylic oxidation sites excluding steroid dienone is 2. The molecule has 0 aromatic heterocycles. The molecule has 0 atom stereocenters. The van der Waals surface area contributed by atoms with Crippen LogP contribution >= 0.6 is 0 Å². The molecule has 1 rings (SSSR count). The molecule has 0 unspecified atom stereocenters. The molecule has 0 saturated heterocycles. The van der Waals surface area contributed by atoms with E-state index in [2.05, 4.69) is 19.1 Å². The largest absolute Gasteiger partial charge is 0.396 e. The van der Waals surface area contributed by atoms with Gasteiger partial charge in [0.2, 0.25) is 0 Å². The first-order chi connectivity index (χ1) is 3.77. The normalized spacial score (nSPS) is 24.2. The number of hydrogen-bond acceptors (Lipinski definition) is 1. The maximum Gasteiger partial charge on any atom is 0.0493 e. The zero-order valence-corrected chi connectivity index (χ0v) is 4.93. The highest BCUT2D eigenvalue weighted by atomic mass is 16.3. The van der Waals surface area contributed by atoms with Crippen LogP contribution in [0.5, 0.6) is 0 Å². The summed E-state index contributed by atoms with van der Waals surface area (Å²) in [6.45, 7) is 4.08. The van der Waals surface area contributed by atoms with E-state index in [4.69, 9.17) is 5.11 Å². The van der Waals surface area contributed by atoms with Crippen LogP contribution in [0.25, 0.3) is 0 Å². The van der Waals surface area contributed by atoms with Gasteiger partial charge >= 0.3 is 0 Å². The minimum absolute atomic E-state index is 0.0694. The number of aliphatic hydroxyl groups excluding tert-OH is 1. The molecule has 0 aromatic rings. The first-order valence-electron chi connectivity index (χ1n) is 2.88. The summed E-state index contributed by atoms with van der Waals surface area (Å²) in [4.78, 5) is 0. The third kappa shape index (κ3) is 0.920. The molecule has 1 aliphatic carbocycles. The second-order valence-corrected chi connectivity index (χ2v) is 2.54. The van der Waals surface area contributed by atoms with Crippen molar-refractivity contribution in [1.82, 2.24) is 0 Å². The average Bonchev–Trinajstić information content (AvgIpc) is 2.17. The van der Waals surface area contributed by atoms with Gasteiger partial charge in [-0.05, 0) is 19.8 Å². The summed E-state index contributed by atoms with van der Waals surface area (Å²) in [5.41, 5.74) is -0.0694. The molecule has 1 N–H and O–H groups in total. The predicted octanol–water partition coefficient (Wildman–Crippen LogP) is 1.15. The smallest absolute Gasteiger partial charge is 0.0493 e. The molecule has 8 heavy (non-hydrogen) atoms. The van der Waals surface area contributed by atoms with Crippen LogP contribution in [0.4, 0.5) is 0 Å². The van der Waals surface area contributed by atoms with E-state index in [1.165, 1.54) is 0 Å². The fraction of sp³-hybridized carbons (Fsp3) is 0.571. The summed E-state index contributed by atoms with van der Waals surface area (Å²) >= 11 is 0. The predicted molar refractivity (Wildman–Crippen MR) is 33.2 cm³/mol. The van der Waals surface area contributed by atoms with Gasteiger partial charge in [0.05, 0.1) is 0 Å². The molecule has 0 aliphatic heterocycles. The Kier molecular flexibility index (Phi) is 1.39. The summed E-state index contributed by atoms with van der Waals surface area (Å²) in [6, 6.07) is 0. The van der Waals surface area contributed by atoms with Crippen LogP contribution in [0, 0.1) is 12.3 Å². The van der Waals surface area contributed by atoms with Crippen LogP contribution in [-0.2, 0) is 0 Å². The zero-order valence-electron chi connectivity index (χ0n) is 4.93. The maximum atomic E-state index is 8.72. The SMILES string of the molecule is [CH2]C1(CO)CC=CC1. The van der Waals surface area contributed by atoms with Crippen LogP contribution in [0.2, 0.25) is 0 Å². The van der Waals surface area contributed by atoms with Gasteiger partial charge in [0.15, 0.2) is 0 Å². The molecule has 0 saturated carbocycles. The highest BCUT2D eigenvalue weighted by Crippen LogP contribution is 2.30. The first-order valence-corrected chi connectivity index (χ1v) is 2.88. The van der Waals surface area contributed by atoms with Gasteiger partial charge in [0.1, 0.15) is 0 Å². The van der Waals surface area contributed by atoms with Gasteiger partial charge in [-0.3, -0.25) is 0 Å². The second-order valence-electron chi connectivity index (χ2n) is 2.54. The standard InChI is InChI=1S/C7H11O/c1-7(6-8)4-2-3-5-7/h2-3,8H,1,4-6H2. The minimum Gasteiger partial charge on any atom is -0.396 e. The number of aliphatic hydroxyl groups is 1. The number of hydrogen-bond donors (Lipinski definition) is 1. The fourth-order valence-electron chi connectivity index (χ4n) is 0.879. The Morgan fingerprint density at radius 3 is 2.25 bits per heavy atom. The molecule has 1 heteroatoms. The van der Waals surface area contributed by atoms with Crippen molar-refractivity contribution < 1.29 is 5.11 Å². The van der Waals surface area contributed by atoms with Gasteiger partial charge in [-0.15, -0.1) is 0 Å². The summed E-state index contributed by atoms with van der Waals surface area (Å²) in [7, 11) is 0. The Hall–Kier alpha value is -0.300. The third-order valence-corrected chi connectivity index (χ3v) is 1.60. The van der Waals surface area contributed by atoms with Gasteiger partial charge in [0.25, 0.3) is 0 Å². The van der Waals surface area contributed by atoms with Gasteiger partial charge in [-0.25, -0.2) is 0 Å². The van der Waals surface area contributed by atoms with Crippen LogP contribution in [0.15, 0.2) is 12.2 Å². The molecule has 45 valence electrons. The van der Waals surface area contributed by atoms with E-state index in [0.717, 1.165) is 12.8 Å². The highest BCUT2D eigenvalue weighted by molar-refractivity contribution is 5.03. The molecular formula is C7H11O. The molecule has 0 fully saturated rings. The van der Waals surface area contributed by atoms with E-state index in [1.54, 1.807) is 0 Å². The molecule has 0 spiro atoms. The van der Waals surface area contributed by atoms with Crippen molar-refractivity contribution in [2.45, 2.75) is 12.8 Å². The van der Waals surface area contributed by atoms with Crippen LogP contribution in [0.3, 0.4) is 0 Å². The topological polar surface area (TPSA) is 20.2 Å². The lowest BCUT2D eigenvalue weighted by Crippen LogP contribution is -2.16. The van der Waals surface area contributed by atoms with Gasteiger partial charge in [-0.1, -0.05) is 12.2 Å². The highest BCUT2D eigenvalue weighted by Gasteiger charge is 2.23. The van der Waals surface area contributed by atoms with Crippen molar-refractivity contribution in [2.75, 3.05) is 6.61 Å². The van der Waals surface area contributed by atoms with Gasteiger partial charge in [-0.2, -0.15) is 0 Å². The Morgan fingerprint density at radius 1 is 1.50 bits per heavy atom. The van der Waals surface area contributed by atoms with Crippen LogP contribution < -0.4 is 0 Å². The first kappa shape index (κ1) is 5.83. The molecule has 0 aromatic carbocycles. The molecule has 1 aliphatic rings. The summed E-state index contributed by atoms with van der Waals surface area (Å²) in [5, 5.41) is 8.72. The van der Waals surface area contributed by atoms with Crippen LogP contribution in [0.1, 0.15) is 12.8 Å². The Bertz CT molecular complexity index is 97.0. The van der Waals surface area contributed by atoms with Crippen LogP contribution in [-0.4, -0.2) is 11.7 Å². The van der Waals surface area contributed by atoms with E-state index in [-0.39, 0.29) is 12.0 Å². The van der Waals surface area contributed by atoms with E-state index >= 15 is 0 Å². The second kappa shape index (κ2) is 1.90. The monoisotopic (exact) mass is 111 g/mol. The van der Waals surface area contributed by atoms with E-state index < -0.39 is 0 Å². The average molecular weight is 111 g/mol. The fourth-order valence-corrected chi connectivity index (χ4v) is 0.879. The summed E-state index contributed by atoms with van der Waals surface area (Å²) in [6.07, 6.45) is 6.01. The zero-order chi connectivity index (χ0) is 6.04. The molecule has 1 radical (unpaired) electrons. The molecule has 0 bridgehead atoms. The molecule has 0 amide bonds. The van der Waals surface area contributed by atoms with E-state index in [9.17, 15) is 0 Å². The van der Waals surface area contributed by atoms with E-state index in [1.807, 2.05) is 0 Å². The van der Waals surface area contributed by atoms with Crippen molar-refractivity contribution in [3.05, 3.63) is 19.1 Å². The van der Waals surface area contributed by atoms with Crippen molar-refractivity contribution in [3.63, 3.8) is 0 Å². The lowest BCUT2D eigenvalue weighted by atomic mass is 9.89. The quantitative estimate of drug-likeness (QED) is 0.503. The number of rotatable bonds is 1. The summed E-state index contributed by atoms with van der Waals surface area (Å²) < 4.78 is 0. The lowest BCUT2D eigenvalue weighted by Gasteiger charge is -2.18. The Balaban J connectivity index is 2.46. The summed E-state index contributed by atoms with van der Waals surface area (Å²) in [5.74, 6) is 0. The van der Waals surface area contributed by atoms with Gasteiger partial charge in [0, 0.05) is 12.0 Å². The van der Waals surface area contributed by atoms with Crippen molar-refractivity contribution in [2.24, 2.45) is 5.41 Å². The Labute approximate surface area is 50.0 Å². The lowest BCUT2D eigenvalue weighted by molar-refractivity contribution is 0.177.